The maximum absolute atomic E-state index is 13.5. The molecule has 108 valence electrons. The molecular formula is C13H14BrFN2O3. The van der Waals surface area contributed by atoms with Crippen LogP contribution in [-0.4, -0.2) is 23.1 Å². The first-order valence-corrected chi connectivity index (χ1v) is 6.99. The molecule has 0 radical (unpaired) electrons. The van der Waals surface area contributed by atoms with Gasteiger partial charge in [-0.05, 0) is 37.0 Å². The van der Waals surface area contributed by atoms with E-state index in [1.807, 2.05) is 0 Å². The summed E-state index contributed by atoms with van der Waals surface area (Å²) in [6, 6.07) is 3.19. The number of aliphatic carboxylic acids is 1. The molecule has 7 heteroatoms. The van der Waals surface area contributed by atoms with E-state index >= 15 is 0 Å². The van der Waals surface area contributed by atoms with Gasteiger partial charge in [0.15, 0.2) is 0 Å². The summed E-state index contributed by atoms with van der Waals surface area (Å²) < 4.78 is 14.1. The molecule has 3 N–H and O–H groups in total. The number of carboxylic acid groups (broad SMARTS) is 1. The molecule has 0 heterocycles. The second kappa shape index (κ2) is 6.21. The molecule has 1 aromatic carbocycles. The summed E-state index contributed by atoms with van der Waals surface area (Å²) in [7, 11) is 0. The van der Waals surface area contributed by atoms with E-state index in [9.17, 15) is 14.0 Å². The zero-order chi connectivity index (χ0) is 14.7. The molecule has 0 saturated heterocycles. The third-order valence-electron chi connectivity index (χ3n) is 3.08. The van der Waals surface area contributed by atoms with Gasteiger partial charge in [0.2, 0.25) is 0 Å². The molecule has 0 aliphatic heterocycles. The predicted molar refractivity (Wildman–Crippen MR) is 75.0 cm³/mol. The number of anilines is 1. The van der Waals surface area contributed by atoms with Gasteiger partial charge in [0, 0.05) is 10.5 Å². The van der Waals surface area contributed by atoms with Crippen LogP contribution in [0.4, 0.5) is 14.9 Å². The van der Waals surface area contributed by atoms with Crippen LogP contribution < -0.4 is 10.6 Å². The van der Waals surface area contributed by atoms with Gasteiger partial charge in [-0.25, -0.2) is 9.18 Å². The average molecular weight is 345 g/mol. The molecule has 1 aliphatic rings. The number of amides is 2. The van der Waals surface area contributed by atoms with Crippen molar-refractivity contribution < 1.29 is 19.1 Å². The van der Waals surface area contributed by atoms with Gasteiger partial charge in [0.1, 0.15) is 5.82 Å². The third-order valence-corrected chi connectivity index (χ3v) is 3.57. The SMILES string of the molecule is O=C(O)CC(NC(=O)Nc1cc(Br)ccc1F)C1CC1. The number of carbonyl (C=O) groups is 2. The molecule has 1 aliphatic carbocycles. The fraction of sp³-hybridized carbons (Fsp3) is 0.385. The molecule has 0 spiro atoms. The molecule has 1 fully saturated rings. The Labute approximate surface area is 123 Å². The van der Waals surface area contributed by atoms with Gasteiger partial charge in [-0.15, -0.1) is 0 Å². The monoisotopic (exact) mass is 344 g/mol. The number of rotatable bonds is 5. The molecule has 2 amide bonds. The molecule has 0 aromatic heterocycles. The largest absolute Gasteiger partial charge is 0.481 e. The number of hydrogen-bond acceptors (Lipinski definition) is 2. The summed E-state index contributed by atoms with van der Waals surface area (Å²) >= 11 is 3.19. The summed E-state index contributed by atoms with van der Waals surface area (Å²) in [5.41, 5.74) is 0.0433. The minimum atomic E-state index is -0.962. The van der Waals surface area contributed by atoms with Gasteiger partial charge in [0.05, 0.1) is 12.1 Å². The minimum Gasteiger partial charge on any atom is -0.481 e. The number of carbonyl (C=O) groups excluding carboxylic acids is 1. The highest BCUT2D eigenvalue weighted by Crippen LogP contribution is 2.34. The van der Waals surface area contributed by atoms with Crippen molar-refractivity contribution in [3.63, 3.8) is 0 Å². The number of nitrogens with one attached hydrogen (secondary N) is 2. The van der Waals surface area contributed by atoms with Crippen LogP contribution in [0.5, 0.6) is 0 Å². The highest BCUT2D eigenvalue weighted by atomic mass is 79.9. The average Bonchev–Trinajstić information content (AvgIpc) is 3.16. The maximum Gasteiger partial charge on any atom is 0.319 e. The van der Waals surface area contributed by atoms with Crippen molar-refractivity contribution in [1.29, 1.82) is 0 Å². The highest BCUT2D eigenvalue weighted by molar-refractivity contribution is 9.10. The summed E-state index contributed by atoms with van der Waals surface area (Å²) in [6.45, 7) is 0. The second-order valence-electron chi connectivity index (χ2n) is 4.76. The van der Waals surface area contributed by atoms with Crippen LogP contribution in [0.15, 0.2) is 22.7 Å². The molecular weight excluding hydrogens is 331 g/mol. The molecule has 1 atom stereocenters. The number of carboxylic acids is 1. The van der Waals surface area contributed by atoms with E-state index in [1.54, 1.807) is 0 Å². The van der Waals surface area contributed by atoms with Gasteiger partial charge < -0.3 is 15.7 Å². The van der Waals surface area contributed by atoms with Crippen LogP contribution in [0.2, 0.25) is 0 Å². The van der Waals surface area contributed by atoms with Gasteiger partial charge in [-0.3, -0.25) is 4.79 Å². The van der Waals surface area contributed by atoms with Gasteiger partial charge in [-0.1, -0.05) is 15.9 Å². The van der Waals surface area contributed by atoms with Crippen molar-refractivity contribution in [2.24, 2.45) is 5.92 Å². The first-order chi connectivity index (χ1) is 9.45. The van der Waals surface area contributed by atoms with Crippen molar-refractivity contribution in [3.05, 3.63) is 28.5 Å². The zero-order valence-corrected chi connectivity index (χ0v) is 12.1. The normalized spacial score (nSPS) is 15.5. The number of hydrogen-bond donors (Lipinski definition) is 3. The third kappa shape index (κ3) is 4.19. The molecule has 20 heavy (non-hydrogen) atoms. The fourth-order valence-corrected chi connectivity index (χ4v) is 2.30. The van der Waals surface area contributed by atoms with Crippen LogP contribution in [0.3, 0.4) is 0 Å². The lowest BCUT2D eigenvalue weighted by atomic mass is 10.1. The molecule has 0 bridgehead atoms. The molecule has 1 aromatic rings. The van der Waals surface area contributed by atoms with E-state index in [0.717, 1.165) is 12.8 Å². The van der Waals surface area contributed by atoms with Crippen LogP contribution in [0, 0.1) is 11.7 Å². The quantitative estimate of drug-likeness (QED) is 0.768. The number of benzene rings is 1. The van der Waals surface area contributed by atoms with Crippen LogP contribution in [0.1, 0.15) is 19.3 Å². The Morgan fingerprint density at radius 2 is 2.15 bits per heavy atom. The van der Waals surface area contributed by atoms with Crippen LogP contribution in [-0.2, 0) is 4.79 Å². The Balaban J connectivity index is 1.96. The van der Waals surface area contributed by atoms with Crippen molar-refractivity contribution in [1.82, 2.24) is 5.32 Å². The number of urea groups is 1. The summed E-state index contributed by atoms with van der Waals surface area (Å²) in [6.07, 6.45) is 1.69. The lowest BCUT2D eigenvalue weighted by molar-refractivity contribution is -0.137. The molecule has 2 rings (SSSR count). The van der Waals surface area contributed by atoms with Crippen molar-refractivity contribution in [3.8, 4) is 0 Å². The van der Waals surface area contributed by atoms with E-state index in [2.05, 4.69) is 26.6 Å². The lowest BCUT2D eigenvalue weighted by Gasteiger charge is -2.17. The Kier molecular flexibility index (Phi) is 4.59. The number of halogens is 2. The first-order valence-electron chi connectivity index (χ1n) is 6.20. The lowest BCUT2D eigenvalue weighted by Crippen LogP contribution is -2.40. The van der Waals surface area contributed by atoms with Crippen LogP contribution >= 0.6 is 15.9 Å². The minimum absolute atomic E-state index is 0.0433. The topological polar surface area (TPSA) is 78.4 Å². The Morgan fingerprint density at radius 1 is 1.45 bits per heavy atom. The fourth-order valence-electron chi connectivity index (χ4n) is 1.94. The first kappa shape index (κ1) is 14.8. The van der Waals surface area contributed by atoms with Crippen molar-refractivity contribution in [2.75, 3.05) is 5.32 Å². The van der Waals surface area contributed by atoms with Gasteiger partial charge in [-0.2, -0.15) is 0 Å². The van der Waals surface area contributed by atoms with E-state index in [0.29, 0.717) is 4.47 Å². The molecule has 1 saturated carbocycles. The van der Waals surface area contributed by atoms with Gasteiger partial charge >= 0.3 is 12.0 Å². The second-order valence-corrected chi connectivity index (χ2v) is 5.68. The summed E-state index contributed by atoms with van der Waals surface area (Å²) in [5.74, 6) is -1.32. The molecule has 1 unspecified atom stereocenters. The van der Waals surface area contributed by atoms with E-state index in [1.165, 1.54) is 18.2 Å². The van der Waals surface area contributed by atoms with Gasteiger partial charge in [0.25, 0.3) is 0 Å². The Hall–Kier alpha value is -1.63. The summed E-state index contributed by atoms with van der Waals surface area (Å²) in [5, 5.41) is 13.8. The summed E-state index contributed by atoms with van der Waals surface area (Å²) in [4.78, 5) is 22.5. The van der Waals surface area contributed by atoms with E-state index < -0.39 is 23.9 Å². The Bertz CT molecular complexity index is 534. The highest BCUT2D eigenvalue weighted by Gasteiger charge is 2.33. The van der Waals surface area contributed by atoms with Crippen molar-refractivity contribution in [2.45, 2.75) is 25.3 Å². The maximum atomic E-state index is 13.5. The Morgan fingerprint density at radius 3 is 2.75 bits per heavy atom. The molecule has 5 nitrogen and oxygen atoms in total. The van der Waals surface area contributed by atoms with E-state index in [-0.39, 0.29) is 18.0 Å². The predicted octanol–water partition coefficient (Wildman–Crippen LogP) is 2.96. The van der Waals surface area contributed by atoms with Crippen LogP contribution in [0.25, 0.3) is 0 Å². The smallest absolute Gasteiger partial charge is 0.319 e. The van der Waals surface area contributed by atoms with E-state index in [4.69, 9.17) is 5.11 Å². The zero-order valence-electron chi connectivity index (χ0n) is 10.5. The van der Waals surface area contributed by atoms with Crippen molar-refractivity contribution >= 4 is 33.6 Å². The standard InChI is InChI=1S/C13H14BrFN2O3/c14-8-3-4-9(15)11(5-8)17-13(20)16-10(6-12(18)19)7-1-2-7/h3-5,7,10H,1-2,6H2,(H,18,19)(H2,16,17,20).